The molecule has 0 radical (unpaired) electrons. The Morgan fingerprint density at radius 3 is 2.55 bits per heavy atom. The second-order valence-electron chi connectivity index (χ2n) is 9.34. The molecule has 0 aliphatic carbocycles. The number of anilines is 4. The van der Waals surface area contributed by atoms with Crippen molar-refractivity contribution in [3.63, 3.8) is 0 Å². The Bertz CT molecular complexity index is 1570. The van der Waals surface area contributed by atoms with Crippen LogP contribution < -0.4 is 24.9 Å². The summed E-state index contributed by atoms with van der Waals surface area (Å²) in [6.07, 6.45) is -0.494. The molecule has 0 bridgehead atoms. The van der Waals surface area contributed by atoms with Crippen LogP contribution in [0, 0.1) is 0 Å². The highest BCUT2D eigenvalue weighted by Gasteiger charge is 2.23. The minimum Gasteiger partial charge on any atom is -0.495 e. The fraction of sp³-hybridized carbons (Fsp3) is 0.333. The average Bonchev–Trinajstić information content (AvgIpc) is 2.84. The summed E-state index contributed by atoms with van der Waals surface area (Å²) in [5, 5.41) is 6.31. The van der Waals surface area contributed by atoms with Gasteiger partial charge in [0.25, 0.3) is 6.43 Å². The van der Waals surface area contributed by atoms with Gasteiger partial charge in [0, 0.05) is 18.4 Å². The third-order valence-electron chi connectivity index (χ3n) is 6.00. The standard InChI is InChI=1S/C24H26ClF3N5O5PS/c1-37-20-9-14-6-7-33(13-22(26)27)12-15(14)8-19(20)31-24-29-11-17(25)23(32-24)30-18-5-4-16(38-40(28,35)36)10-21(18)39(2,3)34/h4-5,8-11,22H,6-7,12-13H2,1-3H3,(H2,29,30,31,32). The summed E-state index contributed by atoms with van der Waals surface area (Å²) in [7, 11) is -6.81. The van der Waals surface area contributed by atoms with Gasteiger partial charge in [-0.2, -0.15) is 13.4 Å². The summed E-state index contributed by atoms with van der Waals surface area (Å²) in [5.74, 6) is 0.398. The van der Waals surface area contributed by atoms with E-state index in [-0.39, 0.29) is 40.1 Å². The fourth-order valence-electron chi connectivity index (χ4n) is 4.26. The van der Waals surface area contributed by atoms with Gasteiger partial charge in [0.2, 0.25) is 5.95 Å². The lowest BCUT2D eigenvalue weighted by molar-refractivity contribution is 0.0820. The third-order valence-corrected chi connectivity index (χ3v) is 8.20. The zero-order valence-corrected chi connectivity index (χ0v) is 24.1. The second kappa shape index (κ2) is 11.8. The maximum atomic E-state index is 13.0. The van der Waals surface area contributed by atoms with E-state index in [1.54, 1.807) is 11.0 Å². The Morgan fingerprint density at radius 1 is 1.15 bits per heavy atom. The van der Waals surface area contributed by atoms with Crippen LogP contribution in [0.3, 0.4) is 0 Å². The van der Waals surface area contributed by atoms with E-state index in [0.29, 0.717) is 30.9 Å². The van der Waals surface area contributed by atoms with E-state index in [9.17, 15) is 25.6 Å². The van der Waals surface area contributed by atoms with E-state index in [4.69, 9.17) is 16.3 Å². The van der Waals surface area contributed by atoms with Gasteiger partial charge in [0.05, 0.1) is 31.2 Å². The number of benzene rings is 2. The fourth-order valence-corrected chi connectivity index (χ4v) is 5.88. The predicted octanol–water partition coefficient (Wildman–Crippen LogP) is 5.09. The number of nitrogens with zero attached hydrogens (tertiary/aromatic N) is 3. The molecule has 0 fully saturated rings. The van der Waals surface area contributed by atoms with Gasteiger partial charge in [-0.3, -0.25) is 4.90 Å². The van der Waals surface area contributed by atoms with Crippen molar-refractivity contribution in [2.45, 2.75) is 19.4 Å². The molecular formula is C24H26ClF3N5O5PS. The highest BCUT2D eigenvalue weighted by molar-refractivity contribution is 7.81. The molecule has 0 amide bonds. The molecule has 10 nitrogen and oxygen atoms in total. The average molecular weight is 620 g/mol. The van der Waals surface area contributed by atoms with Crippen molar-refractivity contribution < 1.29 is 34.6 Å². The summed E-state index contributed by atoms with van der Waals surface area (Å²) in [6.45, 7) is 3.45. The van der Waals surface area contributed by atoms with Gasteiger partial charge in [0.1, 0.15) is 23.7 Å². The van der Waals surface area contributed by atoms with Gasteiger partial charge in [-0.25, -0.2) is 13.8 Å². The van der Waals surface area contributed by atoms with Crippen LogP contribution in [-0.2, 0) is 28.0 Å². The number of alkyl halides is 2. The SMILES string of the molecule is COc1cc2c(cc1Nc1ncc(Cl)c(Nc3ccc(OS(=O)(=O)F)cc3P(C)(C)=O)n1)CN(CC(F)F)CC2. The topological polar surface area (TPSA) is 123 Å². The molecule has 1 aliphatic rings. The molecule has 216 valence electrons. The Labute approximate surface area is 234 Å². The number of nitrogens with one attached hydrogen (secondary N) is 2. The normalized spacial score (nSPS) is 14.1. The highest BCUT2D eigenvalue weighted by atomic mass is 35.5. The summed E-state index contributed by atoms with van der Waals surface area (Å²) in [4.78, 5) is 10.3. The minimum atomic E-state index is -5.28. The molecule has 2 aromatic carbocycles. The Kier molecular flexibility index (Phi) is 8.83. The predicted molar refractivity (Wildman–Crippen MR) is 148 cm³/mol. The van der Waals surface area contributed by atoms with Gasteiger partial charge < -0.3 is 24.1 Å². The van der Waals surface area contributed by atoms with Crippen molar-refractivity contribution in [3.05, 3.63) is 52.7 Å². The molecule has 0 saturated carbocycles. The number of aromatic nitrogens is 2. The van der Waals surface area contributed by atoms with Crippen LogP contribution in [0.25, 0.3) is 0 Å². The molecule has 1 aromatic heterocycles. The van der Waals surface area contributed by atoms with Gasteiger partial charge in [-0.05, 0) is 61.2 Å². The summed E-state index contributed by atoms with van der Waals surface area (Å²) < 4.78 is 83.4. The monoisotopic (exact) mass is 619 g/mol. The molecule has 0 atom stereocenters. The second-order valence-corrected chi connectivity index (χ2v) is 13.9. The van der Waals surface area contributed by atoms with Gasteiger partial charge >= 0.3 is 10.5 Å². The number of hydrogen-bond donors (Lipinski definition) is 2. The lowest BCUT2D eigenvalue weighted by atomic mass is 9.98. The molecule has 0 spiro atoms. The number of ether oxygens (including phenoxy) is 1. The molecule has 0 unspecified atom stereocenters. The maximum absolute atomic E-state index is 13.0. The number of rotatable bonds is 10. The number of fused-ring (bicyclic) bond motifs is 1. The van der Waals surface area contributed by atoms with E-state index < -0.39 is 24.1 Å². The van der Waals surface area contributed by atoms with Crippen molar-refractivity contribution in [2.75, 3.05) is 44.2 Å². The van der Waals surface area contributed by atoms with Crippen molar-refractivity contribution in [3.8, 4) is 11.5 Å². The first-order chi connectivity index (χ1) is 18.7. The number of hydrogen-bond acceptors (Lipinski definition) is 10. The van der Waals surface area contributed by atoms with E-state index in [1.807, 2.05) is 6.07 Å². The molecule has 2 N–H and O–H groups in total. The highest BCUT2D eigenvalue weighted by Crippen LogP contribution is 2.40. The van der Waals surface area contributed by atoms with Crippen LogP contribution in [0.15, 0.2) is 36.5 Å². The van der Waals surface area contributed by atoms with Gasteiger partial charge in [-0.1, -0.05) is 15.5 Å². The number of methoxy groups -OCH3 is 1. The first kappa shape index (κ1) is 29.9. The van der Waals surface area contributed by atoms with Crippen LogP contribution in [0.4, 0.5) is 35.8 Å². The molecule has 1 aliphatic heterocycles. The third kappa shape index (κ3) is 7.57. The van der Waals surface area contributed by atoms with Crippen molar-refractivity contribution in [1.82, 2.24) is 14.9 Å². The van der Waals surface area contributed by atoms with E-state index >= 15 is 0 Å². The van der Waals surface area contributed by atoms with Crippen LogP contribution in [0.5, 0.6) is 11.5 Å². The van der Waals surface area contributed by atoms with Crippen LogP contribution in [-0.4, -0.2) is 63.2 Å². The molecule has 16 heteroatoms. The van der Waals surface area contributed by atoms with Gasteiger partial charge in [0.15, 0.2) is 5.82 Å². The molecule has 4 rings (SSSR count). The quantitative estimate of drug-likeness (QED) is 0.234. The van der Waals surface area contributed by atoms with Crippen LogP contribution in [0.2, 0.25) is 5.02 Å². The Morgan fingerprint density at radius 2 is 1.90 bits per heavy atom. The lowest BCUT2D eigenvalue weighted by Gasteiger charge is -2.29. The largest absolute Gasteiger partial charge is 0.495 e. The summed E-state index contributed by atoms with van der Waals surface area (Å²) in [6, 6.07) is 7.35. The molecular weight excluding hydrogens is 594 g/mol. The smallest absolute Gasteiger partial charge is 0.488 e. The van der Waals surface area contributed by atoms with E-state index in [1.165, 1.54) is 38.8 Å². The summed E-state index contributed by atoms with van der Waals surface area (Å²) in [5.41, 5.74) is 2.64. The lowest BCUT2D eigenvalue weighted by Crippen LogP contribution is -2.34. The number of halogens is 4. The van der Waals surface area contributed by atoms with Crippen LogP contribution in [0.1, 0.15) is 11.1 Å². The van der Waals surface area contributed by atoms with Crippen molar-refractivity contribution in [2.24, 2.45) is 0 Å². The maximum Gasteiger partial charge on any atom is 0.488 e. The summed E-state index contributed by atoms with van der Waals surface area (Å²) >= 11 is 6.32. The molecule has 3 aromatic rings. The first-order valence-corrected chi connectivity index (χ1v) is 16.1. The Balaban J connectivity index is 1.63. The van der Waals surface area contributed by atoms with Crippen molar-refractivity contribution >= 4 is 57.7 Å². The van der Waals surface area contributed by atoms with Crippen LogP contribution >= 0.6 is 18.7 Å². The zero-order valence-electron chi connectivity index (χ0n) is 21.6. The molecule has 2 heterocycles. The Hall–Kier alpha value is -3.06. The van der Waals surface area contributed by atoms with E-state index in [0.717, 1.165) is 17.2 Å². The molecule has 0 saturated heterocycles. The van der Waals surface area contributed by atoms with Gasteiger partial charge in [-0.15, -0.1) is 0 Å². The van der Waals surface area contributed by atoms with E-state index in [2.05, 4.69) is 24.8 Å². The van der Waals surface area contributed by atoms with Crippen molar-refractivity contribution in [1.29, 1.82) is 0 Å². The zero-order chi connectivity index (χ0) is 29.2. The minimum absolute atomic E-state index is 0.116. The first-order valence-electron chi connectivity index (χ1n) is 11.8. The molecule has 40 heavy (non-hydrogen) atoms.